The molecule has 148 valence electrons. The maximum atomic E-state index is 12.8. The zero-order chi connectivity index (χ0) is 20.2. The van der Waals surface area contributed by atoms with E-state index in [2.05, 4.69) is 10.3 Å². The van der Waals surface area contributed by atoms with Crippen molar-refractivity contribution in [2.24, 2.45) is 0 Å². The maximum Gasteiger partial charge on any atom is 0.339 e. The number of pyridine rings is 1. The number of para-hydroxylation sites is 1. The summed E-state index contributed by atoms with van der Waals surface area (Å²) in [6.07, 6.45) is 3.33. The zero-order valence-electron chi connectivity index (χ0n) is 15.9. The quantitative estimate of drug-likeness (QED) is 0.628. The van der Waals surface area contributed by atoms with E-state index in [4.69, 9.17) is 16.3 Å². The summed E-state index contributed by atoms with van der Waals surface area (Å²) in [6, 6.07) is 15.0. The van der Waals surface area contributed by atoms with Gasteiger partial charge in [-0.05, 0) is 55.0 Å². The van der Waals surface area contributed by atoms with Gasteiger partial charge < -0.3 is 10.1 Å². The van der Waals surface area contributed by atoms with E-state index in [9.17, 15) is 9.59 Å². The van der Waals surface area contributed by atoms with Crippen molar-refractivity contribution in [1.82, 2.24) is 10.3 Å². The molecule has 0 fully saturated rings. The Bertz CT molecular complexity index is 1060. The molecule has 5 nitrogen and oxygen atoms in total. The lowest BCUT2D eigenvalue weighted by atomic mass is 10.0. The van der Waals surface area contributed by atoms with Crippen molar-refractivity contribution in [2.75, 3.05) is 13.2 Å². The number of esters is 1. The predicted octanol–water partition coefficient (Wildman–Crippen LogP) is 3.89. The Kier molecular flexibility index (Phi) is 5.76. The molecule has 1 heterocycles. The monoisotopic (exact) mass is 408 g/mol. The van der Waals surface area contributed by atoms with E-state index in [1.807, 2.05) is 48.5 Å². The van der Waals surface area contributed by atoms with Crippen molar-refractivity contribution in [3.05, 3.63) is 75.9 Å². The van der Waals surface area contributed by atoms with Crippen molar-refractivity contribution < 1.29 is 14.3 Å². The number of aryl methyl sites for hydroxylation is 1. The third-order valence-electron chi connectivity index (χ3n) is 5.11. The van der Waals surface area contributed by atoms with E-state index in [0.717, 1.165) is 47.0 Å². The molecular formula is C23H21ClN2O3. The second-order valence-electron chi connectivity index (χ2n) is 7.09. The first-order valence-electron chi connectivity index (χ1n) is 9.70. The molecule has 0 bridgehead atoms. The number of benzene rings is 2. The number of carbonyl (C=O) groups excluding carboxylic acids is 2. The van der Waals surface area contributed by atoms with Crippen LogP contribution < -0.4 is 5.32 Å². The molecule has 29 heavy (non-hydrogen) atoms. The van der Waals surface area contributed by atoms with Crippen molar-refractivity contribution >= 4 is 34.4 Å². The molecule has 1 aliphatic rings. The minimum Gasteiger partial charge on any atom is -0.452 e. The highest BCUT2D eigenvalue weighted by atomic mass is 35.5. The van der Waals surface area contributed by atoms with Gasteiger partial charge in [0.2, 0.25) is 0 Å². The Hall–Kier alpha value is -2.92. The minimum absolute atomic E-state index is 0.301. The summed E-state index contributed by atoms with van der Waals surface area (Å²) < 4.78 is 5.35. The fourth-order valence-electron chi connectivity index (χ4n) is 3.70. The summed E-state index contributed by atoms with van der Waals surface area (Å²) in [7, 11) is 0. The second-order valence-corrected chi connectivity index (χ2v) is 7.52. The molecule has 0 saturated carbocycles. The molecule has 2 aromatic carbocycles. The van der Waals surface area contributed by atoms with E-state index in [0.29, 0.717) is 23.6 Å². The van der Waals surface area contributed by atoms with Crippen LogP contribution in [0.1, 0.15) is 33.6 Å². The lowest BCUT2D eigenvalue weighted by Gasteiger charge is -2.12. The van der Waals surface area contributed by atoms with Crippen molar-refractivity contribution in [3.8, 4) is 0 Å². The van der Waals surface area contributed by atoms with Gasteiger partial charge in [0, 0.05) is 22.6 Å². The second kappa shape index (κ2) is 8.62. The summed E-state index contributed by atoms with van der Waals surface area (Å²) in [4.78, 5) is 29.6. The van der Waals surface area contributed by atoms with Crippen LogP contribution >= 0.6 is 11.6 Å². The Morgan fingerprint density at radius 1 is 1.07 bits per heavy atom. The summed E-state index contributed by atoms with van der Waals surface area (Å²) in [5, 5.41) is 4.24. The van der Waals surface area contributed by atoms with E-state index in [-0.39, 0.29) is 12.5 Å². The van der Waals surface area contributed by atoms with Crippen LogP contribution in [0.3, 0.4) is 0 Å². The number of hydrogen-bond acceptors (Lipinski definition) is 4. The topological polar surface area (TPSA) is 68.3 Å². The molecule has 1 aromatic heterocycles. The number of amides is 1. The first kappa shape index (κ1) is 19.4. The van der Waals surface area contributed by atoms with Gasteiger partial charge in [-0.2, -0.15) is 0 Å². The fourth-order valence-corrected chi connectivity index (χ4v) is 3.82. The molecule has 0 unspecified atom stereocenters. The van der Waals surface area contributed by atoms with E-state index >= 15 is 0 Å². The molecule has 1 aliphatic carbocycles. The van der Waals surface area contributed by atoms with E-state index in [1.165, 1.54) is 0 Å². The summed E-state index contributed by atoms with van der Waals surface area (Å²) >= 11 is 5.87. The van der Waals surface area contributed by atoms with E-state index in [1.54, 1.807) is 0 Å². The van der Waals surface area contributed by atoms with Crippen LogP contribution in [0.2, 0.25) is 5.02 Å². The van der Waals surface area contributed by atoms with Crippen molar-refractivity contribution in [3.63, 3.8) is 0 Å². The molecule has 0 aliphatic heterocycles. The first-order chi connectivity index (χ1) is 14.1. The number of hydrogen-bond donors (Lipinski definition) is 1. The standard InChI is InChI=1S/C23H21ClN2O3/c24-16-10-8-15(9-11-16)12-13-25-21(27)14-29-23(28)22-17-4-1-2-6-19(17)26-20-7-3-5-18(20)22/h1-2,4,6,8-11H,3,5,7,12-14H2,(H,25,27). The van der Waals surface area contributed by atoms with Gasteiger partial charge in [-0.1, -0.05) is 41.9 Å². The van der Waals surface area contributed by atoms with Crippen LogP contribution in [0, 0.1) is 0 Å². The third kappa shape index (κ3) is 4.40. The Morgan fingerprint density at radius 2 is 1.86 bits per heavy atom. The molecule has 0 atom stereocenters. The van der Waals surface area contributed by atoms with Gasteiger partial charge in [0.1, 0.15) is 0 Å². The SMILES string of the molecule is O=C(COC(=O)c1c2c(nc3ccccc13)CCC2)NCCc1ccc(Cl)cc1. The van der Waals surface area contributed by atoms with Gasteiger partial charge in [0.25, 0.3) is 5.91 Å². The largest absolute Gasteiger partial charge is 0.452 e. The van der Waals surface area contributed by atoms with E-state index < -0.39 is 5.97 Å². The molecule has 0 saturated heterocycles. The summed E-state index contributed by atoms with van der Waals surface area (Å²) in [6.45, 7) is 0.163. The van der Waals surface area contributed by atoms with Gasteiger partial charge in [-0.3, -0.25) is 9.78 Å². The van der Waals surface area contributed by atoms with Crippen LogP contribution in [0.25, 0.3) is 10.9 Å². The van der Waals surface area contributed by atoms with Crippen LogP contribution in [0.4, 0.5) is 0 Å². The first-order valence-corrected chi connectivity index (χ1v) is 10.1. The molecular weight excluding hydrogens is 388 g/mol. The smallest absolute Gasteiger partial charge is 0.339 e. The van der Waals surface area contributed by atoms with Gasteiger partial charge in [-0.25, -0.2) is 4.79 Å². The molecule has 1 amide bonds. The minimum atomic E-state index is -0.463. The zero-order valence-corrected chi connectivity index (χ0v) is 16.7. The van der Waals surface area contributed by atoms with Crippen molar-refractivity contribution in [1.29, 1.82) is 0 Å². The summed E-state index contributed by atoms with van der Waals surface area (Å²) in [5.74, 6) is -0.781. The number of nitrogens with one attached hydrogen (secondary N) is 1. The number of fused-ring (bicyclic) bond motifs is 2. The number of aromatic nitrogens is 1. The lowest BCUT2D eigenvalue weighted by Crippen LogP contribution is -2.30. The van der Waals surface area contributed by atoms with Crippen LogP contribution in [-0.4, -0.2) is 30.0 Å². The Morgan fingerprint density at radius 3 is 2.69 bits per heavy atom. The number of ether oxygens (including phenoxy) is 1. The highest BCUT2D eigenvalue weighted by molar-refractivity contribution is 6.30. The Labute approximate surface area is 174 Å². The lowest BCUT2D eigenvalue weighted by molar-refractivity contribution is -0.124. The molecule has 1 N–H and O–H groups in total. The Balaban J connectivity index is 1.37. The fraction of sp³-hybridized carbons (Fsp3) is 0.261. The highest BCUT2D eigenvalue weighted by Gasteiger charge is 2.25. The van der Waals surface area contributed by atoms with Gasteiger partial charge in [0.05, 0.1) is 11.1 Å². The molecule has 4 rings (SSSR count). The predicted molar refractivity (Wildman–Crippen MR) is 112 cm³/mol. The normalized spacial score (nSPS) is 12.6. The average Bonchev–Trinajstić information content (AvgIpc) is 3.19. The number of nitrogens with zero attached hydrogens (tertiary/aromatic N) is 1. The maximum absolute atomic E-state index is 12.8. The van der Waals surface area contributed by atoms with Crippen LogP contribution in [-0.2, 0) is 28.8 Å². The van der Waals surface area contributed by atoms with Crippen LogP contribution in [0.15, 0.2) is 48.5 Å². The van der Waals surface area contributed by atoms with Gasteiger partial charge in [-0.15, -0.1) is 0 Å². The molecule has 0 radical (unpaired) electrons. The third-order valence-corrected chi connectivity index (χ3v) is 5.36. The number of rotatable bonds is 6. The number of halogens is 1. The molecule has 0 spiro atoms. The molecule has 6 heteroatoms. The van der Waals surface area contributed by atoms with Crippen LogP contribution in [0.5, 0.6) is 0 Å². The highest BCUT2D eigenvalue weighted by Crippen LogP contribution is 2.30. The molecule has 3 aromatic rings. The van der Waals surface area contributed by atoms with Gasteiger partial charge >= 0.3 is 5.97 Å². The summed E-state index contributed by atoms with van der Waals surface area (Å²) in [5.41, 5.74) is 4.33. The van der Waals surface area contributed by atoms with Crippen molar-refractivity contribution in [2.45, 2.75) is 25.7 Å². The average molecular weight is 409 g/mol. The number of carbonyl (C=O) groups is 2. The van der Waals surface area contributed by atoms with Gasteiger partial charge in [0.15, 0.2) is 6.61 Å².